The second kappa shape index (κ2) is 5.73. The van der Waals surface area contributed by atoms with Gasteiger partial charge < -0.3 is 4.98 Å². The van der Waals surface area contributed by atoms with Crippen LogP contribution in [0.5, 0.6) is 0 Å². The SMILES string of the molecule is Cc1ccc(/C=C/C(=O)c2c(C)c3ccsc3[nH]c2=O)cc1. The van der Waals surface area contributed by atoms with Gasteiger partial charge in [-0.25, -0.2) is 0 Å². The first-order valence-corrected chi connectivity index (χ1v) is 7.83. The number of thiophene rings is 1. The van der Waals surface area contributed by atoms with E-state index in [2.05, 4.69) is 4.98 Å². The zero-order chi connectivity index (χ0) is 15.7. The maximum absolute atomic E-state index is 12.4. The Hall–Kier alpha value is -2.46. The van der Waals surface area contributed by atoms with Crippen LogP contribution in [0.25, 0.3) is 16.3 Å². The summed E-state index contributed by atoms with van der Waals surface area (Å²) in [6, 6.07) is 9.78. The van der Waals surface area contributed by atoms with Crippen LogP contribution in [0.4, 0.5) is 0 Å². The molecule has 0 saturated carbocycles. The summed E-state index contributed by atoms with van der Waals surface area (Å²) < 4.78 is 0. The van der Waals surface area contributed by atoms with E-state index in [4.69, 9.17) is 0 Å². The number of pyridine rings is 1. The van der Waals surface area contributed by atoms with Gasteiger partial charge in [-0.05, 0) is 42.5 Å². The molecule has 110 valence electrons. The highest BCUT2D eigenvalue weighted by Crippen LogP contribution is 2.22. The van der Waals surface area contributed by atoms with E-state index < -0.39 is 0 Å². The lowest BCUT2D eigenvalue weighted by Gasteiger charge is -2.02. The Kier molecular flexibility index (Phi) is 3.77. The largest absolute Gasteiger partial charge is 0.313 e. The molecule has 0 spiro atoms. The number of rotatable bonds is 3. The summed E-state index contributed by atoms with van der Waals surface area (Å²) in [6.07, 6.45) is 3.19. The number of carbonyl (C=O) groups excluding carboxylic acids is 1. The number of ketones is 1. The number of benzene rings is 1. The molecule has 0 aliphatic heterocycles. The predicted octanol–water partition coefficient (Wildman–Crippen LogP) is 4.10. The van der Waals surface area contributed by atoms with Gasteiger partial charge in [-0.3, -0.25) is 9.59 Å². The molecule has 1 N–H and O–H groups in total. The minimum absolute atomic E-state index is 0.217. The second-order valence-electron chi connectivity index (χ2n) is 5.23. The Bertz CT molecular complexity index is 930. The zero-order valence-corrected chi connectivity index (χ0v) is 13.2. The maximum atomic E-state index is 12.4. The van der Waals surface area contributed by atoms with Crippen LogP contribution in [0, 0.1) is 13.8 Å². The molecule has 0 saturated heterocycles. The van der Waals surface area contributed by atoms with Crippen LogP contribution in [0.2, 0.25) is 0 Å². The number of hydrogen-bond donors (Lipinski definition) is 1. The van der Waals surface area contributed by atoms with Gasteiger partial charge in [0.05, 0.1) is 5.56 Å². The molecule has 1 aromatic carbocycles. The molecule has 0 radical (unpaired) electrons. The summed E-state index contributed by atoms with van der Waals surface area (Å²) in [7, 11) is 0. The molecular weight excluding hydrogens is 294 g/mol. The molecule has 3 nitrogen and oxygen atoms in total. The van der Waals surface area contributed by atoms with Gasteiger partial charge in [-0.15, -0.1) is 11.3 Å². The summed E-state index contributed by atoms with van der Waals surface area (Å²) in [5.74, 6) is -0.271. The zero-order valence-electron chi connectivity index (χ0n) is 12.3. The van der Waals surface area contributed by atoms with E-state index >= 15 is 0 Å². The number of carbonyl (C=O) groups is 1. The second-order valence-corrected chi connectivity index (χ2v) is 6.14. The lowest BCUT2D eigenvalue weighted by Crippen LogP contribution is -2.18. The van der Waals surface area contributed by atoms with Crippen molar-refractivity contribution in [1.82, 2.24) is 4.98 Å². The Morgan fingerprint density at radius 2 is 1.86 bits per heavy atom. The van der Waals surface area contributed by atoms with Crippen LogP contribution < -0.4 is 5.56 Å². The molecule has 0 fully saturated rings. The molecule has 3 aromatic rings. The van der Waals surface area contributed by atoms with Crippen molar-refractivity contribution in [2.24, 2.45) is 0 Å². The normalized spacial score (nSPS) is 11.4. The standard InChI is InChI=1S/C18H15NO2S/c1-11-3-5-13(6-4-11)7-8-15(20)16-12(2)14-9-10-22-18(14)19-17(16)21/h3-10H,1-2H3,(H,19,21)/b8-7+. The van der Waals surface area contributed by atoms with Crippen LogP contribution >= 0.6 is 11.3 Å². The minimum atomic E-state index is -0.328. The molecule has 0 aliphatic rings. The molecule has 2 aromatic heterocycles. The monoisotopic (exact) mass is 309 g/mol. The van der Waals surface area contributed by atoms with Crippen LogP contribution in [0.1, 0.15) is 27.0 Å². The fourth-order valence-electron chi connectivity index (χ4n) is 2.40. The van der Waals surface area contributed by atoms with Crippen molar-refractivity contribution in [2.75, 3.05) is 0 Å². The van der Waals surface area contributed by atoms with Gasteiger partial charge in [-0.1, -0.05) is 35.9 Å². The first-order valence-electron chi connectivity index (χ1n) is 6.95. The van der Waals surface area contributed by atoms with Crippen molar-refractivity contribution >= 4 is 33.4 Å². The summed E-state index contributed by atoms with van der Waals surface area (Å²) >= 11 is 1.46. The van der Waals surface area contributed by atoms with Gasteiger partial charge in [0.1, 0.15) is 4.83 Å². The summed E-state index contributed by atoms with van der Waals surface area (Å²) in [6.45, 7) is 3.83. The van der Waals surface area contributed by atoms with E-state index in [1.165, 1.54) is 23.0 Å². The van der Waals surface area contributed by atoms with Crippen molar-refractivity contribution in [3.63, 3.8) is 0 Å². The topological polar surface area (TPSA) is 49.9 Å². The Morgan fingerprint density at radius 1 is 1.14 bits per heavy atom. The fourth-order valence-corrected chi connectivity index (χ4v) is 3.24. The molecule has 0 amide bonds. The van der Waals surface area contributed by atoms with E-state index in [1.807, 2.05) is 49.6 Å². The molecule has 0 bridgehead atoms. The molecule has 22 heavy (non-hydrogen) atoms. The maximum Gasteiger partial charge on any atom is 0.260 e. The number of nitrogens with one attached hydrogen (secondary N) is 1. The number of aromatic nitrogens is 1. The van der Waals surface area contributed by atoms with E-state index in [0.717, 1.165) is 21.3 Å². The third-order valence-corrected chi connectivity index (χ3v) is 4.48. The highest BCUT2D eigenvalue weighted by molar-refractivity contribution is 7.16. The highest BCUT2D eigenvalue weighted by Gasteiger charge is 2.14. The van der Waals surface area contributed by atoms with Gasteiger partial charge in [0.25, 0.3) is 5.56 Å². The van der Waals surface area contributed by atoms with E-state index in [-0.39, 0.29) is 16.9 Å². The van der Waals surface area contributed by atoms with Gasteiger partial charge in [0.2, 0.25) is 0 Å². The van der Waals surface area contributed by atoms with Crippen molar-refractivity contribution in [3.05, 3.63) is 74.4 Å². The predicted molar refractivity (Wildman–Crippen MR) is 91.7 cm³/mol. The average molecular weight is 309 g/mol. The molecule has 0 atom stereocenters. The van der Waals surface area contributed by atoms with Crippen LogP contribution in [-0.4, -0.2) is 10.8 Å². The van der Waals surface area contributed by atoms with Gasteiger partial charge in [-0.2, -0.15) is 0 Å². The molecule has 4 heteroatoms. The molecule has 3 rings (SSSR count). The highest BCUT2D eigenvalue weighted by atomic mass is 32.1. The molecule has 0 aliphatic carbocycles. The van der Waals surface area contributed by atoms with Crippen LogP contribution in [0.3, 0.4) is 0 Å². The fraction of sp³-hybridized carbons (Fsp3) is 0.111. The molecular formula is C18H15NO2S. The Morgan fingerprint density at radius 3 is 2.59 bits per heavy atom. The number of allylic oxidation sites excluding steroid dienone is 1. The first-order chi connectivity index (χ1) is 10.6. The average Bonchev–Trinajstić information content (AvgIpc) is 2.95. The number of aromatic amines is 1. The van der Waals surface area contributed by atoms with Gasteiger partial charge >= 0.3 is 0 Å². The van der Waals surface area contributed by atoms with Crippen LogP contribution in [0.15, 0.2) is 46.6 Å². The number of hydrogen-bond acceptors (Lipinski definition) is 3. The lowest BCUT2D eigenvalue weighted by molar-refractivity contribution is 0.104. The Labute approximate surface area is 131 Å². The van der Waals surface area contributed by atoms with Gasteiger partial charge in [0, 0.05) is 5.39 Å². The van der Waals surface area contributed by atoms with E-state index in [9.17, 15) is 9.59 Å². The van der Waals surface area contributed by atoms with Crippen molar-refractivity contribution < 1.29 is 4.79 Å². The molecule has 0 unspecified atom stereocenters. The Balaban J connectivity index is 1.98. The summed E-state index contributed by atoms with van der Waals surface area (Å²) in [5.41, 5.74) is 2.72. The van der Waals surface area contributed by atoms with Gasteiger partial charge in [0.15, 0.2) is 5.78 Å². The van der Waals surface area contributed by atoms with Crippen molar-refractivity contribution in [2.45, 2.75) is 13.8 Å². The third-order valence-electron chi connectivity index (χ3n) is 3.65. The third kappa shape index (κ3) is 2.65. The van der Waals surface area contributed by atoms with Crippen molar-refractivity contribution in [1.29, 1.82) is 0 Å². The van der Waals surface area contributed by atoms with Crippen LogP contribution in [-0.2, 0) is 0 Å². The first kappa shape index (κ1) is 14.5. The summed E-state index contributed by atoms with van der Waals surface area (Å²) in [4.78, 5) is 28.1. The number of H-pyrrole nitrogens is 1. The minimum Gasteiger partial charge on any atom is -0.313 e. The lowest BCUT2D eigenvalue weighted by atomic mass is 10.0. The molecule has 2 heterocycles. The smallest absolute Gasteiger partial charge is 0.260 e. The van der Waals surface area contributed by atoms with E-state index in [0.29, 0.717) is 0 Å². The number of fused-ring (bicyclic) bond motifs is 1. The van der Waals surface area contributed by atoms with E-state index in [1.54, 1.807) is 6.08 Å². The quantitative estimate of drug-likeness (QED) is 0.585. The summed E-state index contributed by atoms with van der Waals surface area (Å²) in [5, 5.41) is 2.83. The number of aryl methyl sites for hydroxylation is 2. The van der Waals surface area contributed by atoms with Crippen molar-refractivity contribution in [3.8, 4) is 0 Å².